The molecule has 0 bridgehead atoms. The summed E-state index contributed by atoms with van der Waals surface area (Å²) in [7, 11) is 8.25. The second-order valence-electron chi connectivity index (χ2n) is 8.73. The van der Waals surface area contributed by atoms with E-state index in [4.69, 9.17) is 42.6 Å². The smallest absolute Gasteiger partial charge is 0.180 e. The topological polar surface area (TPSA) is 122 Å². The van der Waals surface area contributed by atoms with E-state index < -0.39 is 11.5 Å². The Kier molecular flexibility index (Phi) is 8.01. The molecule has 1 aromatic carbocycles. The van der Waals surface area contributed by atoms with Crippen molar-refractivity contribution in [1.82, 2.24) is 38.0 Å². The molecule has 1 unspecified atom stereocenters. The zero-order chi connectivity index (χ0) is 28.6. The first-order valence-corrected chi connectivity index (χ1v) is 13.7. The first kappa shape index (κ1) is 27.9. The lowest BCUT2D eigenvalue weighted by molar-refractivity contribution is 0.394. The van der Waals surface area contributed by atoms with Gasteiger partial charge in [0.05, 0.1) is 56.9 Å². The molecule has 5 aromatic rings. The Hall–Kier alpha value is -3.62. The molecule has 15 heteroatoms. The third kappa shape index (κ3) is 5.25. The summed E-state index contributed by atoms with van der Waals surface area (Å²) in [6.07, 6.45) is 8.44. The molecule has 12 nitrogen and oxygen atoms in total. The molecular weight excluding hydrogens is 577 g/mol. The van der Waals surface area contributed by atoms with Gasteiger partial charge in [-0.1, -0.05) is 23.2 Å². The van der Waals surface area contributed by atoms with Crippen LogP contribution in [-0.4, -0.2) is 70.9 Å². The van der Waals surface area contributed by atoms with Crippen LogP contribution in [0.4, 0.5) is 11.5 Å². The Balaban J connectivity index is 1.70. The van der Waals surface area contributed by atoms with Crippen molar-refractivity contribution in [3.05, 3.63) is 65.1 Å². The highest BCUT2D eigenvalue weighted by atomic mass is 35.5. The van der Waals surface area contributed by atoms with Crippen LogP contribution in [0.5, 0.6) is 11.5 Å². The molecule has 4 aromatic heterocycles. The Labute approximate surface area is 243 Å². The van der Waals surface area contributed by atoms with E-state index in [0.29, 0.717) is 45.7 Å². The minimum atomic E-state index is -1.52. The van der Waals surface area contributed by atoms with E-state index in [-0.39, 0.29) is 16.6 Å². The van der Waals surface area contributed by atoms with Gasteiger partial charge in [0.2, 0.25) is 0 Å². The van der Waals surface area contributed by atoms with Gasteiger partial charge in [0.15, 0.2) is 23.0 Å². The van der Waals surface area contributed by atoms with Gasteiger partial charge < -0.3 is 18.9 Å². The molecule has 4 heterocycles. The Morgan fingerprint density at radius 2 is 1.75 bits per heavy atom. The fraction of sp³-hybridized carbons (Fsp3) is 0.240. The molecule has 0 saturated heterocycles. The maximum Gasteiger partial charge on any atom is 0.180 e. The second-order valence-corrected chi connectivity index (χ2v) is 11.1. The zero-order valence-corrected chi connectivity index (χ0v) is 24.6. The van der Waals surface area contributed by atoms with Crippen LogP contribution in [0.1, 0.15) is 5.82 Å². The largest absolute Gasteiger partial charge is 0.573 e. The van der Waals surface area contributed by atoms with Crippen molar-refractivity contribution in [3.8, 4) is 22.8 Å². The summed E-state index contributed by atoms with van der Waals surface area (Å²) in [6.45, 7) is 0.0938. The van der Waals surface area contributed by atoms with Crippen LogP contribution in [0.3, 0.4) is 0 Å². The van der Waals surface area contributed by atoms with Crippen molar-refractivity contribution in [2.24, 2.45) is 7.05 Å². The first-order chi connectivity index (χ1) is 19.2. The predicted molar refractivity (Wildman–Crippen MR) is 154 cm³/mol. The van der Waals surface area contributed by atoms with Gasteiger partial charge in [-0.2, -0.15) is 5.10 Å². The summed E-state index contributed by atoms with van der Waals surface area (Å²) < 4.78 is 28.8. The number of anilines is 2. The lowest BCUT2D eigenvalue weighted by Gasteiger charge is -2.27. The van der Waals surface area contributed by atoms with Gasteiger partial charge in [-0.3, -0.25) is 9.67 Å². The summed E-state index contributed by atoms with van der Waals surface area (Å²) in [5.74, 6) is 1.61. The van der Waals surface area contributed by atoms with Gasteiger partial charge in [-0.05, 0) is 12.1 Å². The minimum absolute atomic E-state index is 0.0938. The maximum atomic E-state index is 13.0. The number of nitrogens with zero attached hydrogens (tertiary/aromatic N) is 9. The van der Waals surface area contributed by atoms with Crippen LogP contribution < -0.4 is 14.4 Å². The summed E-state index contributed by atoms with van der Waals surface area (Å²) in [5, 5.41) is 4.68. The number of rotatable bonds is 9. The van der Waals surface area contributed by atoms with E-state index in [1.54, 1.807) is 74.9 Å². The number of benzene rings is 1. The number of aryl methyl sites for hydroxylation is 1. The van der Waals surface area contributed by atoms with E-state index in [1.807, 2.05) is 13.2 Å². The van der Waals surface area contributed by atoms with Crippen LogP contribution >= 0.6 is 23.2 Å². The summed E-state index contributed by atoms with van der Waals surface area (Å²) >= 11 is 12.2. The molecule has 0 aliphatic carbocycles. The van der Waals surface area contributed by atoms with E-state index in [0.717, 1.165) is 5.56 Å². The third-order valence-corrected chi connectivity index (χ3v) is 7.97. The molecule has 208 valence electrons. The van der Waals surface area contributed by atoms with Crippen LogP contribution in [-0.2, 0) is 25.1 Å². The van der Waals surface area contributed by atoms with Crippen molar-refractivity contribution in [1.29, 1.82) is 0 Å². The molecular formula is C25H25Cl2N9O3S. The van der Waals surface area contributed by atoms with Gasteiger partial charge in [0, 0.05) is 39.0 Å². The van der Waals surface area contributed by atoms with Gasteiger partial charge in [-0.15, -0.1) is 8.28 Å². The van der Waals surface area contributed by atoms with Crippen molar-refractivity contribution in [2.75, 3.05) is 33.2 Å². The Bertz CT molecular complexity index is 1650. The number of imidazole rings is 1. The lowest BCUT2D eigenvalue weighted by Crippen LogP contribution is -2.31. The highest BCUT2D eigenvalue weighted by Gasteiger charge is 2.28. The van der Waals surface area contributed by atoms with Crippen LogP contribution in [0.15, 0.2) is 49.2 Å². The Morgan fingerprint density at radius 3 is 2.38 bits per heavy atom. The van der Waals surface area contributed by atoms with Gasteiger partial charge in [0.25, 0.3) is 0 Å². The number of hydrogen-bond acceptors (Lipinski definition) is 10. The number of hydrogen-bond donors (Lipinski definition) is 0. The lowest BCUT2D eigenvalue weighted by atomic mass is 10.2. The second kappa shape index (κ2) is 11.5. The van der Waals surface area contributed by atoms with E-state index in [2.05, 4.69) is 15.1 Å². The monoisotopic (exact) mass is 601 g/mol. The third-order valence-electron chi connectivity index (χ3n) is 5.95. The molecule has 1 atom stereocenters. The number of fused-ring (bicyclic) bond motifs is 1. The summed E-state index contributed by atoms with van der Waals surface area (Å²) in [5.41, 5.74) is 2.77. The van der Waals surface area contributed by atoms with Gasteiger partial charge in [-0.25, -0.2) is 15.0 Å². The molecule has 0 radical (unpaired) electrons. The number of aromatic nitrogens is 7. The SMILES string of the molecule is COc1cc(OC)c(Cl)c(N(Cc2nccn2[S+]([O-])N(C)C)c2ccc3ncc(-c4cnn(C)c4)nc3n2)c1Cl. The molecule has 5 rings (SSSR count). The summed E-state index contributed by atoms with van der Waals surface area (Å²) in [4.78, 5) is 20.3. The number of halogens is 2. The molecule has 0 N–H and O–H groups in total. The highest BCUT2D eigenvalue weighted by molar-refractivity contribution is 7.87. The van der Waals surface area contributed by atoms with Crippen molar-refractivity contribution < 1.29 is 14.0 Å². The van der Waals surface area contributed by atoms with Crippen molar-refractivity contribution in [3.63, 3.8) is 0 Å². The summed E-state index contributed by atoms with van der Waals surface area (Å²) in [6, 6.07) is 5.18. The number of pyridine rings is 1. The molecule has 0 aliphatic rings. The average molecular weight is 603 g/mol. The van der Waals surface area contributed by atoms with Gasteiger partial charge in [0.1, 0.15) is 32.9 Å². The average Bonchev–Trinajstić information content (AvgIpc) is 3.60. The van der Waals surface area contributed by atoms with E-state index in [9.17, 15) is 4.55 Å². The minimum Gasteiger partial charge on any atom is -0.573 e. The first-order valence-electron chi connectivity index (χ1n) is 11.8. The maximum absolute atomic E-state index is 13.0. The fourth-order valence-electron chi connectivity index (χ4n) is 4.01. The van der Waals surface area contributed by atoms with E-state index in [1.165, 1.54) is 14.2 Å². The van der Waals surface area contributed by atoms with Crippen LogP contribution in [0.2, 0.25) is 10.0 Å². The normalized spacial score (nSPS) is 12.2. The molecule has 0 amide bonds. The molecule has 40 heavy (non-hydrogen) atoms. The zero-order valence-electron chi connectivity index (χ0n) is 22.2. The fourth-order valence-corrected chi connectivity index (χ4v) is 5.51. The van der Waals surface area contributed by atoms with Crippen molar-refractivity contribution in [2.45, 2.75) is 6.54 Å². The quantitative estimate of drug-likeness (QED) is 0.226. The standard InChI is InChI=1S/C25H25Cl2N9O3S/c1-33(2)40(37)36-9-8-28-21(36)14-35(24-22(26)18(38-4)10-19(39-5)23(24)27)20-7-6-16-25(32-20)31-17(12-29-16)15-11-30-34(3)13-15/h6-13H,14H2,1-5H3. The molecule has 0 saturated carbocycles. The molecule has 0 spiro atoms. The van der Waals surface area contributed by atoms with Crippen LogP contribution in [0, 0.1) is 0 Å². The number of ether oxygens (including phenoxy) is 2. The van der Waals surface area contributed by atoms with E-state index >= 15 is 0 Å². The predicted octanol–water partition coefficient (Wildman–Crippen LogP) is 4.27. The highest BCUT2D eigenvalue weighted by Crippen LogP contribution is 2.48. The van der Waals surface area contributed by atoms with Crippen LogP contribution in [0.25, 0.3) is 22.4 Å². The van der Waals surface area contributed by atoms with Crippen molar-refractivity contribution >= 4 is 57.4 Å². The number of methoxy groups -OCH3 is 2. The Morgan fingerprint density at radius 1 is 1.02 bits per heavy atom. The van der Waals surface area contributed by atoms with Gasteiger partial charge >= 0.3 is 0 Å². The molecule has 0 aliphatic heterocycles. The molecule has 0 fully saturated rings.